The van der Waals surface area contributed by atoms with Gasteiger partial charge in [0.15, 0.2) is 0 Å². The maximum absolute atomic E-state index is 8.83. The fourth-order valence-electron chi connectivity index (χ4n) is 1.27. The minimum absolute atomic E-state index is 0.164. The number of nitrogens with one attached hydrogen (secondary N) is 1. The van der Waals surface area contributed by atoms with Crippen LogP contribution in [0.15, 0.2) is 0 Å². The molecule has 0 aliphatic rings. The molecule has 0 rings (SSSR count). The standard InChI is InChI=1S/C13H22N2S/c1-4-10-16-11-9-15-8-6-5-7-13(2,3)12-14/h1,15H,5-11H2,2-3H3. The third kappa shape index (κ3) is 9.90. The van der Waals surface area contributed by atoms with E-state index in [0.29, 0.717) is 0 Å². The van der Waals surface area contributed by atoms with Crippen molar-refractivity contribution in [2.24, 2.45) is 5.41 Å². The fourth-order valence-corrected chi connectivity index (χ4v) is 1.82. The minimum Gasteiger partial charge on any atom is -0.316 e. The Morgan fingerprint density at radius 3 is 2.69 bits per heavy atom. The number of terminal acetylenes is 1. The molecule has 0 radical (unpaired) electrons. The average Bonchev–Trinajstić information content (AvgIpc) is 2.27. The maximum atomic E-state index is 8.83. The third-order valence-corrected chi connectivity index (χ3v) is 3.18. The number of hydrogen-bond donors (Lipinski definition) is 1. The molecule has 16 heavy (non-hydrogen) atoms. The van der Waals surface area contributed by atoms with Crippen molar-refractivity contribution in [3.63, 3.8) is 0 Å². The van der Waals surface area contributed by atoms with Gasteiger partial charge in [-0.25, -0.2) is 0 Å². The Bertz CT molecular complexity index is 248. The lowest BCUT2D eigenvalue weighted by Gasteiger charge is -2.14. The lowest BCUT2D eigenvalue weighted by Crippen LogP contribution is -2.19. The van der Waals surface area contributed by atoms with Crippen LogP contribution in [0, 0.1) is 29.1 Å². The molecule has 3 heteroatoms. The summed E-state index contributed by atoms with van der Waals surface area (Å²) in [6, 6.07) is 2.32. The summed E-state index contributed by atoms with van der Waals surface area (Å²) in [6.07, 6.45) is 8.39. The summed E-state index contributed by atoms with van der Waals surface area (Å²) in [4.78, 5) is 0. The Hall–Kier alpha value is -0.640. The Kier molecular flexibility index (Phi) is 9.19. The highest BCUT2D eigenvalue weighted by Crippen LogP contribution is 2.21. The van der Waals surface area contributed by atoms with Crippen molar-refractivity contribution in [1.29, 1.82) is 5.26 Å². The van der Waals surface area contributed by atoms with Gasteiger partial charge in [0.25, 0.3) is 0 Å². The SMILES string of the molecule is C#CCSCCNCCCCC(C)(C)C#N. The molecule has 0 unspecified atom stereocenters. The van der Waals surface area contributed by atoms with Gasteiger partial charge in [-0.3, -0.25) is 0 Å². The molecule has 0 aromatic rings. The molecule has 0 saturated heterocycles. The van der Waals surface area contributed by atoms with Gasteiger partial charge >= 0.3 is 0 Å². The Balaban J connectivity index is 3.17. The van der Waals surface area contributed by atoms with Gasteiger partial charge in [0.2, 0.25) is 0 Å². The zero-order valence-corrected chi connectivity index (χ0v) is 11.2. The van der Waals surface area contributed by atoms with E-state index >= 15 is 0 Å². The highest BCUT2D eigenvalue weighted by molar-refractivity contribution is 7.99. The number of rotatable bonds is 9. The molecule has 0 aliphatic carbocycles. The van der Waals surface area contributed by atoms with Gasteiger partial charge in [-0.05, 0) is 33.2 Å². The highest BCUT2D eigenvalue weighted by Gasteiger charge is 2.14. The molecular weight excluding hydrogens is 216 g/mol. The summed E-state index contributed by atoms with van der Waals surface area (Å²) >= 11 is 1.78. The first-order chi connectivity index (χ1) is 7.62. The van der Waals surface area contributed by atoms with Crippen LogP contribution in [0.1, 0.15) is 33.1 Å². The predicted octanol–water partition coefficient (Wildman–Crippen LogP) is 2.66. The van der Waals surface area contributed by atoms with E-state index in [4.69, 9.17) is 11.7 Å². The van der Waals surface area contributed by atoms with E-state index in [1.54, 1.807) is 11.8 Å². The lowest BCUT2D eigenvalue weighted by molar-refractivity contribution is 0.423. The van der Waals surface area contributed by atoms with E-state index in [2.05, 4.69) is 17.3 Å². The van der Waals surface area contributed by atoms with Crippen LogP contribution >= 0.6 is 11.8 Å². The molecule has 0 aliphatic heterocycles. The number of nitriles is 1. The molecule has 1 N–H and O–H groups in total. The second kappa shape index (κ2) is 9.58. The number of thioether (sulfide) groups is 1. The second-order valence-corrected chi connectivity index (χ2v) is 5.56. The van der Waals surface area contributed by atoms with Crippen LogP contribution in [-0.2, 0) is 0 Å². The summed E-state index contributed by atoms with van der Waals surface area (Å²) in [5.74, 6) is 4.49. The van der Waals surface area contributed by atoms with Crippen LogP contribution in [0.3, 0.4) is 0 Å². The highest BCUT2D eigenvalue weighted by atomic mass is 32.2. The van der Waals surface area contributed by atoms with Crippen molar-refractivity contribution in [1.82, 2.24) is 5.32 Å². The van der Waals surface area contributed by atoms with E-state index in [1.807, 2.05) is 13.8 Å². The molecule has 0 bridgehead atoms. The second-order valence-electron chi connectivity index (χ2n) is 4.46. The molecule has 0 heterocycles. The van der Waals surface area contributed by atoms with E-state index in [1.165, 1.54) is 0 Å². The number of hydrogen-bond acceptors (Lipinski definition) is 3. The largest absolute Gasteiger partial charge is 0.316 e. The molecule has 2 nitrogen and oxygen atoms in total. The van der Waals surface area contributed by atoms with Crippen molar-refractivity contribution in [2.45, 2.75) is 33.1 Å². The monoisotopic (exact) mass is 238 g/mol. The smallest absolute Gasteiger partial charge is 0.0683 e. The summed E-state index contributed by atoms with van der Waals surface area (Å²) in [5, 5.41) is 12.2. The molecule has 0 amide bonds. The summed E-state index contributed by atoms with van der Waals surface area (Å²) in [6.45, 7) is 6.06. The topological polar surface area (TPSA) is 35.8 Å². The Morgan fingerprint density at radius 2 is 2.06 bits per heavy atom. The molecule has 0 atom stereocenters. The van der Waals surface area contributed by atoms with Crippen molar-refractivity contribution < 1.29 is 0 Å². The van der Waals surface area contributed by atoms with Gasteiger partial charge < -0.3 is 5.32 Å². The van der Waals surface area contributed by atoms with Crippen LogP contribution in [-0.4, -0.2) is 24.6 Å². The van der Waals surface area contributed by atoms with Gasteiger partial charge in [0, 0.05) is 12.3 Å². The molecule has 0 aromatic carbocycles. The van der Waals surface area contributed by atoms with Crippen LogP contribution < -0.4 is 5.32 Å². The number of nitrogens with zero attached hydrogens (tertiary/aromatic N) is 1. The first-order valence-corrected chi connectivity index (χ1v) is 6.91. The van der Waals surface area contributed by atoms with Crippen molar-refractivity contribution in [3.8, 4) is 18.4 Å². The van der Waals surface area contributed by atoms with Crippen LogP contribution in [0.5, 0.6) is 0 Å². The average molecular weight is 238 g/mol. The lowest BCUT2D eigenvalue weighted by atomic mass is 9.89. The zero-order chi connectivity index (χ0) is 12.3. The predicted molar refractivity (Wildman–Crippen MR) is 72.3 cm³/mol. The first-order valence-electron chi connectivity index (χ1n) is 5.75. The van der Waals surface area contributed by atoms with E-state index in [0.717, 1.165) is 43.9 Å². The number of unbranched alkanes of at least 4 members (excludes halogenated alkanes) is 1. The molecular formula is C13H22N2S. The fraction of sp³-hybridized carbons (Fsp3) is 0.769. The van der Waals surface area contributed by atoms with E-state index in [-0.39, 0.29) is 5.41 Å². The van der Waals surface area contributed by atoms with E-state index < -0.39 is 0 Å². The minimum atomic E-state index is -0.164. The third-order valence-electron chi connectivity index (χ3n) is 2.32. The molecule has 0 aromatic heterocycles. The van der Waals surface area contributed by atoms with Gasteiger partial charge in [-0.2, -0.15) is 5.26 Å². The van der Waals surface area contributed by atoms with Gasteiger partial charge in [-0.15, -0.1) is 18.2 Å². The summed E-state index contributed by atoms with van der Waals surface area (Å²) < 4.78 is 0. The Morgan fingerprint density at radius 1 is 1.31 bits per heavy atom. The van der Waals surface area contributed by atoms with Gasteiger partial charge in [0.1, 0.15) is 0 Å². The van der Waals surface area contributed by atoms with E-state index in [9.17, 15) is 0 Å². The summed E-state index contributed by atoms with van der Waals surface area (Å²) in [7, 11) is 0. The summed E-state index contributed by atoms with van der Waals surface area (Å²) in [5.41, 5.74) is -0.164. The van der Waals surface area contributed by atoms with Crippen molar-refractivity contribution in [2.75, 3.05) is 24.6 Å². The zero-order valence-electron chi connectivity index (χ0n) is 10.4. The van der Waals surface area contributed by atoms with Gasteiger partial charge in [-0.1, -0.05) is 12.3 Å². The molecule has 0 spiro atoms. The normalized spacial score (nSPS) is 10.8. The van der Waals surface area contributed by atoms with Gasteiger partial charge in [0.05, 0.1) is 17.2 Å². The van der Waals surface area contributed by atoms with Crippen LogP contribution in [0.25, 0.3) is 0 Å². The molecule has 0 fully saturated rings. The first kappa shape index (κ1) is 15.4. The maximum Gasteiger partial charge on any atom is 0.0683 e. The molecule has 0 saturated carbocycles. The van der Waals surface area contributed by atoms with Crippen molar-refractivity contribution in [3.05, 3.63) is 0 Å². The Labute approximate surface area is 104 Å². The van der Waals surface area contributed by atoms with Crippen molar-refractivity contribution >= 4 is 11.8 Å². The molecule has 90 valence electrons. The van der Waals surface area contributed by atoms with Crippen LogP contribution in [0.4, 0.5) is 0 Å². The quantitative estimate of drug-likeness (QED) is 0.495. The van der Waals surface area contributed by atoms with Crippen LogP contribution in [0.2, 0.25) is 0 Å².